The van der Waals surface area contributed by atoms with Crippen LogP contribution in [0.1, 0.15) is 45.1 Å². The fraction of sp³-hybridized carbons (Fsp3) is 0.684. The molecule has 1 saturated carbocycles. The second-order valence-corrected chi connectivity index (χ2v) is 6.62. The lowest BCUT2D eigenvalue weighted by molar-refractivity contribution is 0.209. The fourth-order valence-electron chi connectivity index (χ4n) is 3.77. The topological polar surface area (TPSA) is 15.3 Å². The molecule has 0 saturated heterocycles. The monoisotopic (exact) mass is 288 g/mol. The molecule has 0 aromatic heterocycles. The van der Waals surface area contributed by atoms with Crippen molar-refractivity contribution >= 4 is 5.69 Å². The van der Waals surface area contributed by atoms with Crippen LogP contribution < -0.4 is 10.2 Å². The predicted molar refractivity (Wildman–Crippen MR) is 93.0 cm³/mol. The first kappa shape index (κ1) is 16.4. The molecule has 1 N–H and O–H groups in total. The average molecular weight is 288 g/mol. The van der Waals surface area contributed by atoms with Gasteiger partial charge in [0.2, 0.25) is 0 Å². The van der Waals surface area contributed by atoms with Gasteiger partial charge in [-0.1, -0.05) is 31.0 Å². The van der Waals surface area contributed by atoms with E-state index in [4.69, 9.17) is 0 Å². The first-order valence-electron chi connectivity index (χ1n) is 8.66. The molecule has 0 radical (unpaired) electrons. The Morgan fingerprint density at radius 3 is 2.43 bits per heavy atom. The first-order valence-corrected chi connectivity index (χ1v) is 8.66. The first-order chi connectivity index (χ1) is 10.2. The number of aryl methyl sites for hydroxylation is 1. The zero-order valence-electron chi connectivity index (χ0n) is 14.2. The average Bonchev–Trinajstić information content (AvgIpc) is 2.53. The summed E-state index contributed by atoms with van der Waals surface area (Å²) in [6.45, 7) is 9.05. The van der Waals surface area contributed by atoms with E-state index >= 15 is 0 Å². The minimum absolute atomic E-state index is 0.687. The number of anilines is 1. The Bertz CT molecular complexity index is 412. The maximum Gasteiger partial charge on any atom is 0.0366 e. The molecule has 2 nitrogen and oxygen atoms in total. The van der Waals surface area contributed by atoms with Crippen molar-refractivity contribution in [2.45, 2.75) is 52.5 Å². The summed E-state index contributed by atoms with van der Waals surface area (Å²) < 4.78 is 0. The summed E-state index contributed by atoms with van der Waals surface area (Å²) in [4.78, 5) is 2.55. The van der Waals surface area contributed by atoms with Crippen LogP contribution in [0.3, 0.4) is 0 Å². The van der Waals surface area contributed by atoms with Gasteiger partial charge >= 0.3 is 0 Å². The lowest BCUT2D eigenvalue weighted by Crippen LogP contribution is -2.44. The molecule has 3 atom stereocenters. The van der Waals surface area contributed by atoms with Crippen molar-refractivity contribution in [3.8, 4) is 0 Å². The highest BCUT2D eigenvalue weighted by Crippen LogP contribution is 2.32. The molecular weight excluding hydrogens is 256 g/mol. The third-order valence-corrected chi connectivity index (χ3v) is 5.27. The lowest BCUT2D eigenvalue weighted by Gasteiger charge is -2.39. The van der Waals surface area contributed by atoms with Crippen molar-refractivity contribution < 1.29 is 0 Å². The summed E-state index contributed by atoms with van der Waals surface area (Å²) in [6.07, 6.45) is 5.45. The van der Waals surface area contributed by atoms with Crippen molar-refractivity contribution in [1.82, 2.24) is 5.32 Å². The number of benzene rings is 1. The van der Waals surface area contributed by atoms with Crippen LogP contribution in [0.5, 0.6) is 0 Å². The van der Waals surface area contributed by atoms with Gasteiger partial charge in [-0.15, -0.1) is 0 Å². The van der Waals surface area contributed by atoms with Crippen LogP contribution in [0.15, 0.2) is 24.3 Å². The molecule has 0 amide bonds. The molecule has 2 heteroatoms. The van der Waals surface area contributed by atoms with Gasteiger partial charge in [-0.3, -0.25) is 0 Å². The summed E-state index contributed by atoms with van der Waals surface area (Å²) in [7, 11) is 2.13. The minimum Gasteiger partial charge on any atom is -0.371 e. The van der Waals surface area contributed by atoms with Gasteiger partial charge in [-0.25, -0.2) is 0 Å². The summed E-state index contributed by atoms with van der Waals surface area (Å²) in [6, 6.07) is 9.68. The minimum atomic E-state index is 0.687. The van der Waals surface area contributed by atoms with Crippen molar-refractivity contribution in [2.75, 3.05) is 25.0 Å². The highest BCUT2D eigenvalue weighted by molar-refractivity contribution is 5.47. The second kappa shape index (κ2) is 7.84. The number of hydrogen-bond acceptors (Lipinski definition) is 2. The number of nitrogens with zero attached hydrogens (tertiary/aromatic N) is 1. The summed E-state index contributed by atoms with van der Waals surface area (Å²) in [5.41, 5.74) is 2.71. The normalized spacial score (nSPS) is 25.8. The largest absolute Gasteiger partial charge is 0.371 e. The molecule has 118 valence electrons. The van der Waals surface area contributed by atoms with Gasteiger partial charge in [-0.2, -0.15) is 0 Å². The van der Waals surface area contributed by atoms with Gasteiger partial charge in [0.1, 0.15) is 0 Å². The van der Waals surface area contributed by atoms with E-state index in [0.717, 1.165) is 18.4 Å². The van der Waals surface area contributed by atoms with Crippen molar-refractivity contribution in [2.24, 2.45) is 11.8 Å². The van der Waals surface area contributed by atoms with E-state index in [1.54, 1.807) is 0 Å². The van der Waals surface area contributed by atoms with E-state index < -0.39 is 0 Å². The summed E-state index contributed by atoms with van der Waals surface area (Å²) >= 11 is 0. The van der Waals surface area contributed by atoms with Gasteiger partial charge in [0.15, 0.2) is 0 Å². The van der Waals surface area contributed by atoms with Crippen molar-refractivity contribution in [1.29, 1.82) is 0 Å². The standard InChI is InChI=1S/C19H32N2/c1-5-16-9-12-19(20-4)17(13-16)14-21(6-2)18-10-7-15(3)8-11-18/h7-8,10-11,16-17,19-20H,5-6,9,12-14H2,1-4H3. The van der Waals surface area contributed by atoms with Crippen LogP contribution >= 0.6 is 0 Å². The SMILES string of the molecule is CCC1CCC(NC)C(CN(CC)c2ccc(C)cc2)C1. The van der Waals surface area contributed by atoms with Crippen LogP contribution in [0.4, 0.5) is 5.69 Å². The number of rotatable bonds is 6. The molecule has 2 rings (SSSR count). The van der Waals surface area contributed by atoms with E-state index in [-0.39, 0.29) is 0 Å². The molecule has 0 aliphatic heterocycles. The Labute approximate surface area is 130 Å². The van der Waals surface area contributed by atoms with Crippen molar-refractivity contribution in [3.05, 3.63) is 29.8 Å². The fourth-order valence-corrected chi connectivity index (χ4v) is 3.77. The summed E-state index contributed by atoms with van der Waals surface area (Å²) in [5, 5.41) is 3.56. The number of nitrogens with one attached hydrogen (secondary N) is 1. The zero-order chi connectivity index (χ0) is 15.2. The Balaban J connectivity index is 2.06. The van der Waals surface area contributed by atoms with E-state index in [1.807, 2.05) is 0 Å². The van der Waals surface area contributed by atoms with Gasteiger partial charge < -0.3 is 10.2 Å². The molecule has 0 bridgehead atoms. The molecule has 21 heavy (non-hydrogen) atoms. The van der Waals surface area contributed by atoms with Gasteiger partial charge in [0.25, 0.3) is 0 Å². The van der Waals surface area contributed by atoms with Gasteiger partial charge in [-0.05, 0) is 64.1 Å². The van der Waals surface area contributed by atoms with Crippen LogP contribution in [-0.4, -0.2) is 26.2 Å². The Hall–Kier alpha value is -1.02. The van der Waals surface area contributed by atoms with Crippen molar-refractivity contribution in [3.63, 3.8) is 0 Å². The highest BCUT2D eigenvalue weighted by atomic mass is 15.1. The Morgan fingerprint density at radius 2 is 1.86 bits per heavy atom. The van der Waals surface area contributed by atoms with E-state index in [1.165, 1.54) is 43.5 Å². The molecule has 1 aromatic rings. The maximum absolute atomic E-state index is 3.56. The molecule has 1 fully saturated rings. The number of hydrogen-bond donors (Lipinski definition) is 1. The zero-order valence-corrected chi connectivity index (χ0v) is 14.2. The molecule has 1 aliphatic rings. The lowest BCUT2D eigenvalue weighted by atomic mass is 9.76. The van der Waals surface area contributed by atoms with Crippen LogP contribution in [0.2, 0.25) is 0 Å². The quantitative estimate of drug-likeness (QED) is 0.842. The van der Waals surface area contributed by atoms with Crippen LogP contribution in [-0.2, 0) is 0 Å². The molecule has 1 aliphatic carbocycles. The molecule has 1 aromatic carbocycles. The van der Waals surface area contributed by atoms with E-state index in [0.29, 0.717) is 6.04 Å². The third kappa shape index (κ3) is 4.23. The second-order valence-electron chi connectivity index (χ2n) is 6.62. The van der Waals surface area contributed by atoms with E-state index in [2.05, 4.69) is 62.3 Å². The predicted octanol–water partition coefficient (Wildman–Crippen LogP) is 4.24. The van der Waals surface area contributed by atoms with Crippen LogP contribution in [0.25, 0.3) is 0 Å². The maximum atomic E-state index is 3.56. The molecule has 0 spiro atoms. The van der Waals surface area contributed by atoms with Crippen LogP contribution in [0, 0.1) is 18.8 Å². The third-order valence-electron chi connectivity index (χ3n) is 5.27. The van der Waals surface area contributed by atoms with Gasteiger partial charge in [0.05, 0.1) is 0 Å². The highest BCUT2D eigenvalue weighted by Gasteiger charge is 2.29. The Morgan fingerprint density at radius 1 is 1.14 bits per heavy atom. The summed E-state index contributed by atoms with van der Waals surface area (Å²) in [5.74, 6) is 1.70. The Kier molecular flexibility index (Phi) is 6.10. The van der Waals surface area contributed by atoms with Gasteiger partial charge in [0, 0.05) is 24.8 Å². The molecule has 0 heterocycles. The van der Waals surface area contributed by atoms with E-state index in [9.17, 15) is 0 Å². The molecular formula is C19H32N2. The molecule has 3 unspecified atom stereocenters. The smallest absolute Gasteiger partial charge is 0.0366 e.